The van der Waals surface area contributed by atoms with E-state index in [2.05, 4.69) is 4.74 Å². The van der Waals surface area contributed by atoms with Crippen molar-refractivity contribution in [3.63, 3.8) is 0 Å². The molecule has 0 atom stereocenters. The number of carbonyl (C=O) groups is 1. The van der Waals surface area contributed by atoms with Crippen molar-refractivity contribution in [2.45, 2.75) is 13.3 Å². The largest absolute Gasteiger partial charge is 0.486 e. The Bertz CT molecular complexity index is 727. The molecule has 2 aromatic carbocycles. The number of benzene rings is 2. The summed E-state index contributed by atoms with van der Waals surface area (Å²) in [7, 11) is 1.25. The Morgan fingerprint density at radius 3 is 2.65 bits per heavy atom. The fourth-order valence-corrected chi connectivity index (χ4v) is 2.17. The molecule has 0 unspecified atom stereocenters. The lowest BCUT2D eigenvalue weighted by Gasteiger charge is -2.08. The van der Waals surface area contributed by atoms with Crippen molar-refractivity contribution in [3.8, 4) is 5.75 Å². The van der Waals surface area contributed by atoms with Gasteiger partial charge in [0.05, 0.1) is 24.2 Å². The van der Waals surface area contributed by atoms with E-state index >= 15 is 0 Å². The van der Waals surface area contributed by atoms with E-state index in [4.69, 9.17) is 4.74 Å². The highest BCUT2D eigenvalue weighted by atomic mass is 16.6. The Hall–Kier alpha value is -2.89. The second-order valence-electron chi connectivity index (χ2n) is 5.02. The zero-order valence-corrected chi connectivity index (χ0v) is 12.9. The predicted octanol–water partition coefficient (Wildman–Crippen LogP) is 3.31. The van der Waals surface area contributed by atoms with Gasteiger partial charge in [0.25, 0.3) is 0 Å². The first kappa shape index (κ1) is 16.5. The van der Waals surface area contributed by atoms with Gasteiger partial charge in [0, 0.05) is 18.6 Å². The van der Waals surface area contributed by atoms with E-state index in [9.17, 15) is 14.9 Å². The standard InChI is InChI=1S/C17H17NO5/c1-12-4-3-5-13(10-12)8-9-23-16-11-14(17(19)22-2)6-7-15(16)18(20)21/h3-7,10-11H,8-9H2,1-2H3. The van der Waals surface area contributed by atoms with Crippen molar-refractivity contribution in [1.29, 1.82) is 0 Å². The molecular weight excluding hydrogens is 298 g/mol. The van der Waals surface area contributed by atoms with Gasteiger partial charge in [-0.2, -0.15) is 0 Å². The van der Waals surface area contributed by atoms with E-state index in [0.29, 0.717) is 6.42 Å². The Kier molecular flexibility index (Phi) is 5.30. The number of nitro benzene ring substituents is 1. The highest BCUT2D eigenvalue weighted by Gasteiger charge is 2.18. The molecule has 0 N–H and O–H groups in total. The third-order valence-electron chi connectivity index (χ3n) is 3.31. The van der Waals surface area contributed by atoms with Crippen LogP contribution in [0.1, 0.15) is 21.5 Å². The van der Waals surface area contributed by atoms with Gasteiger partial charge in [-0.1, -0.05) is 29.8 Å². The minimum Gasteiger partial charge on any atom is -0.486 e. The van der Waals surface area contributed by atoms with E-state index in [1.165, 1.54) is 25.3 Å². The minimum atomic E-state index is -0.566. The second kappa shape index (κ2) is 7.40. The number of aryl methyl sites for hydroxylation is 1. The summed E-state index contributed by atoms with van der Waals surface area (Å²) in [6.07, 6.45) is 0.612. The van der Waals surface area contributed by atoms with Crippen LogP contribution in [0.4, 0.5) is 5.69 Å². The molecule has 120 valence electrons. The maximum atomic E-state index is 11.5. The maximum Gasteiger partial charge on any atom is 0.337 e. The molecule has 23 heavy (non-hydrogen) atoms. The average Bonchev–Trinajstić information content (AvgIpc) is 2.54. The number of esters is 1. The van der Waals surface area contributed by atoms with Gasteiger partial charge in [0.2, 0.25) is 0 Å². The molecule has 6 nitrogen and oxygen atoms in total. The zero-order chi connectivity index (χ0) is 16.8. The molecular formula is C17H17NO5. The summed E-state index contributed by atoms with van der Waals surface area (Å²) in [6, 6.07) is 11.9. The van der Waals surface area contributed by atoms with Gasteiger partial charge in [0.1, 0.15) is 0 Å². The Morgan fingerprint density at radius 2 is 2.00 bits per heavy atom. The molecule has 0 aliphatic rings. The maximum absolute atomic E-state index is 11.5. The summed E-state index contributed by atoms with van der Waals surface area (Å²) in [5.41, 5.74) is 2.25. The summed E-state index contributed by atoms with van der Waals surface area (Å²) in [5, 5.41) is 11.1. The summed E-state index contributed by atoms with van der Waals surface area (Å²) in [5.74, 6) is -0.506. The van der Waals surface area contributed by atoms with Crippen molar-refractivity contribution in [3.05, 3.63) is 69.3 Å². The molecule has 0 aliphatic carbocycles. The number of hydrogen-bond acceptors (Lipinski definition) is 5. The fraction of sp³-hybridized carbons (Fsp3) is 0.235. The normalized spacial score (nSPS) is 10.2. The van der Waals surface area contributed by atoms with Gasteiger partial charge in [-0.05, 0) is 18.6 Å². The van der Waals surface area contributed by atoms with Crippen molar-refractivity contribution in [2.75, 3.05) is 13.7 Å². The zero-order valence-electron chi connectivity index (χ0n) is 12.9. The molecule has 0 saturated heterocycles. The Labute approximate surface area is 133 Å². The van der Waals surface area contributed by atoms with Crippen molar-refractivity contribution in [1.82, 2.24) is 0 Å². The van der Waals surface area contributed by atoms with Crippen molar-refractivity contribution >= 4 is 11.7 Å². The van der Waals surface area contributed by atoms with Gasteiger partial charge < -0.3 is 9.47 Å². The summed E-state index contributed by atoms with van der Waals surface area (Å²) in [4.78, 5) is 22.1. The van der Waals surface area contributed by atoms with Crippen LogP contribution in [0, 0.1) is 17.0 Å². The van der Waals surface area contributed by atoms with Gasteiger partial charge >= 0.3 is 11.7 Å². The SMILES string of the molecule is COC(=O)c1ccc([N+](=O)[O-])c(OCCc2cccc(C)c2)c1. The van der Waals surface area contributed by atoms with Gasteiger partial charge in [-0.15, -0.1) is 0 Å². The third-order valence-corrected chi connectivity index (χ3v) is 3.31. The van der Waals surface area contributed by atoms with Crippen LogP contribution in [0.2, 0.25) is 0 Å². The second-order valence-corrected chi connectivity index (χ2v) is 5.02. The van der Waals surface area contributed by atoms with E-state index in [0.717, 1.165) is 11.1 Å². The fourth-order valence-electron chi connectivity index (χ4n) is 2.17. The van der Waals surface area contributed by atoms with Gasteiger partial charge in [-0.25, -0.2) is 4.79 Å². The average molecular weight is 315 g/mol. The molecule has 6 heteroatoms. The molecule has 0 saturated carbocycles. The number of carbonyl (C=O) groups excluding carboxylic acids is 1. The van der Waals surface area contributed by atoms with Crippen LogP contribution >= 0.6 is 0 Å². The number of nitro groups is 1. The molecule has 0 fully saturated rings. The molecule has 0 bridgehead atoms. The van der Waals surface area contributed by atoms with Gasteiger partial charge in [0.15, 0.2) is 5.75 Å². The highest BCUT2D eigenvalue weighted by Crippen LogP contribution is 2.28. The number of rotatable bonds is 6. The van der Waals surface area contributed by atoms with Gasteiger partial charge in [-0.3, -0.25) is 10.1 Å². The molecule has 0 radical (unpaired) electrons. The molecule has 2 aromatic rings. The molecule has 0 aliphatic heterocycles. The van der Waals surface area contributed by atoms with E-state index in [1.807, 2.05) is 31.2 Å². The molecule has 0 amide bonds. The van der Waals surface area contributed by atoms with Crippen LogP contribution in [0.25, 0.3) is 0 Å². The monoisotopic (exact) mass is 315 g/mol. The number of hydrogen-bond donors (Lipinski definition) is 0. The minimum absolute atomic E-state index is 0.0607. The first-order valence-electron chi connectivity index (χ1n) is 7.06. The van der Waals surface area contributed by atoms with E-state index < -0.39 is 10.9 Å². The lowest BCUT2D eigenvalue weighted by atomic mass is 10.1. The predicted molar refractivity (Wildman–Crippen MR) is 84.8 cm³/mol. The van der Waals surface area contributed by atoms with E-state index in [-0.39, 0.29) is 23.6 Å². The Balaban J connectivity index is 2.13. The van der Waals surface area contributed by atoms with Crippen molar-refractivity contribution < 1.29 is 19.2 Å². The molecule has 0 aromatic heterocycles. The first-order chi connectivity index (χ1) is 11.0. The molecule has 0 spiro atoms. The molecule has 0 heterocycles. The van der Waals surface area contributed by atoms with Crippen LogP contribution in [-0.2, 0) is 11.2 Å². The van der Waals surface area contributed by atoms with Crippen LogP contribution in [0.15, 0.2) is 42.5 Å². The summed E-state index contributed by atoms with van der Waals surface area (Å²) in [6.45, 7) is 2.27. The highest BCUT2D eigenvalue weighted by molar-refractivity contribution is 5.90. The smallest absolute Gasteiger partial charge is 0.337 e. The summed E-state index contributed by atoms with van der Waals surface area (Å²) >= 11 is 0. The van der Waals surface area contributed by atoms with Crippen LogP contribution in [-0.4, -0.2) is 24.6 Å². The third kappa shape index (κ3) is 4.29. The number of ether oxygens (including phenoxy) is 2. The first-order valence-corrected chi connectivity index (χ1v) is 7.06. The van der Waals surface area contributed by atoms with Crippen LogP contribution in [0.5, 0.6) is 5.75 Å². The lowest BCUT2D eigenvalue weighted by molar-refractivity contribution is -0.385. The Morgan fingerprint density at radius 1 is 1.22 bits per heavy atom. The van der Waals surface area contributed by atoms with E-state index in [1.54, 1.807) is 0 Å². The quantitative estimate of drug-likeness (QED) is 0.464. The topological polar surface area (TPSA) is 78.7 Å². The summed E-state index contributed by atoms with van der Waals surface area (Å²) < 4.78 is 10.1. The molecule has 2 rings (SSSR count). The lowest BCUT2D eigenvalue weighted by Crippen LogP contribution is -2.06. The van der Waals surface area contributed by atoms with Crippen LogP contribution in [0.3, 0.4) is 0 Å². The van der Waals surface area contributed by atoms with Crippen LogP contribution < -0.4 is 4.74 Å². The number of methoxy groups -OCH3 is 1. The van der Waals surface area contributed by atoms with Crippen molar-refractivity contribution in [2.24, 2.45) is 0 Å². The number of nitrogens with zero attached hydrogens (tertiary/aromatic N) is 1.